The fourth-order valence-electron chi connectivity index (χ4n) is 2.55. The van der Waals surface area contributed by atoms with E-state index < -0.39 is 16.1 Å². The summed E-state index contributed by atoms with van der Waals surface area (Å²) in [6, 6.07) is 14.1. The standard InChI is InChI=1S/C24H28O5S/c1-6-28-23(25)17-21(29-30(26,27)22-15-7-18(2)8-16-22)14-11-19-9-12-20(13-10-19)24(3,4)5/h7-17H,6H2,1-5H3/b14-11+,21-17+. The Balaban J connectivity index is 2.30. The molecule has 0 unspecified atom stereocenters. The van der Waals surface area contributed by atoms with Gasteiger partial charge in [-0.25, -0.2) is 4.79 Å². The average molecular weight is 429 g/mol. The number of allylic oxidation sites excluding steroid dienone is 1. The molecule has 0 aliphatic rings. The van der Waals surface area contributed by atoms with E-state index in [4.69, 9.17) is 8.92 Å². The lowest BCUT2D eigenvalue weighted by atomic mass is 9.87. The molecule has 0 amide bonds. The van der Waals surface area contributed by atoms with Crippen molar-refractivity contribution in [1.82, 2.24) is 0 Å². The molecule has 0 spiro atoms. The monoisotopic (exact) mass is 428 g/mol. The van der Waals surface area contributed by atoms with Gasteiger partial charge in [-0.05, 0) is 48.6 Å². The smallest absolute Gasteiger partial charge is 0.339 e. The van der Waals surface area contributed by atoms with Crippen LogP contribution in [0.5, 0.6) is 0 Å². The van der Waals surface area contributed by atoms with Gasteiger partial charge in [-0.3, -0.25) is 0 Å². The summed E-state index contributed by atoms with van der Waals surface area (Å²) >= 11 is 0. The van der Waals surface area contributed by atoms with E-state index in [0.717, 1.165) is 17.2 Å². The molecule has 0 aromatic heterocycles. The molecule has 0 saturated carbocycles. The zero-order chi connectivity index (χ0) is 22.4. The van der Waals surface area contributed by atoms with Crippen LogP contribution >= 0.6 is 0 Å². The normalized spacial score (nSPS) is 12.8. The van der Waals surface area contributed by atoms with Gasteiger partial charge in [0, 0.05) is 0 Å². The van der Waals surface area contributed by atoms with Gasteiger partial charge in [0.2, 0.25) is 0 Å². The van der Waals surface area contributed by atoms with Crippen LogP contribution in [0.4, 0.5) is 0 Å². The Hall–Kier alpha value is -2.86. The van der Waals surface area contributed by atoms with Crippen LogP contribution in [0.3, 0.4) is 0 Å². The molecule has 160 valence electrons. The van der Waals surface area contributed by atoms with Crippen molar-refractivity contribution in [2.45, 2.75) is 44.9 Å². The fraction of sp³-hybridized carbons (Fsp3) is 0.292. The highest BCUT2D eigenvalue weighted by molar-refractivity contribution is 7.86. The molecule has 2 aromatic carbocycles. The second-order valence-corrected chi connectivity index (χ2v) is 9.40. The first-order valence-electron chi connectivity index (χ1n) is 9.69. The molecule has 0 aliphatic carbocycles. The molecule has 6 heteroatoms. The quantitative estimate of drug-likeness (QED) is 0.200. The first-order chi connectivity index (χ1) is 14.0. The maximum atomic E-state index is 12.6. The van der Waals surface area contributed by atoms with Crippen LogP contribution in [0.25, 0.3) is 6.08 Å². The molecule has 2 rings (SSSR count). The van der Waals surface area contributed by atoms with E-state index in [1.807, 2.05) is 31.2 Å². The van der Waals surface area contributed by atoms with Crippen LogP contribution in [0.2, 0.25) is 0 Å². The highest BCUT2D eigenvalue weighted by Gasteiger charge is 2.18. The summed E-state index contributed by atoms with van der Waals surface area (Å²) in [5.41, 5.74) is 2.98. The molecule has 0 saturated heterocycles. The van der Waals surface area contributed by atoms with Crippen LogP contribution < -0.4 is 0 Å². The number of aryl methyl sites for hydroxylation is 1. The SMILES string of the molecule is CCOC(=O)/C=C(\C=C\c1ccc(C(C)(C)C)cc1)OS(=O)(=O)c1ccc(C)cc1. The molecule has 2 aromatic rings. The Kier molecular flexibility index (Phi) is 7.62. The molecule has 0 N–H and O–H groups in total. The molecule has 30 heavy (non-hydrogen) atoms. The summed E-state index contributed by atoms with van der Waals surface area (Å²) < 4.78 is 35.3. The van der Waals surface area contributed by atoms with Gasteiger partial charge in [-0.1, -0.05) is 68.8 Å². The molecular formula is C24H28O5S. The number of carbonyl (C=O) groups excluding carboxylic acids is 1. The van der Waals surface area contributed by atoms with Crippen molar-refractivity contribution in [2.24, 2.45) is 0 Å². The van der Waals surface area contributed by atoms with Gasteiger partial charge in [0.05, 0.1) is 12.7 Å². The van der Waals surface area contributed by atoms with E-state index in [1.54, 1.807) is 25.1 Å². The van der Waals surface area contributed by atoms with Gasteiger partial charge in [0.25, 0.3) is 0 Å². The third-order valence-corrected chi connectivity index (χ3v) is 5.54. The van der Waals surface area contributed by atoms with E-state index in [0.29, 0.717) is 0 Å². The number of hydrogen-bond acceptors (Lipinski definition) is 5. The topological polar surface area (TPSA) is 69.7 Å². The van der Waals surface area contributed by atoms with Crippen molar-refractivity contribution in [3.05, 3.63) is 83.1 Å². The van der Waals surface area contributed by atoms with E-state index in [9.17, 15) is 13.2 Å². The molecule has 0 atom stereocenters. The minimum Gasteiger partial charge on any atom is -0.463 e. The minimum absolute atomic E-state index is 0.00536. The maximum absolute atomic E-state index is 12.6. The van der Waals surface area contributed by atoms with Crippen molar-refractivity contribution in [1.29, 1.82) is 0 Å². The summed E-state index contributed by atoms with van der Waals surface area (Å²) in [6.45, 7) is 10.1. The molecule has 0 radical (unpaired) electrons. The van der Waals surface area contributed by atoms with Crippen LogP contribution in [-0.4, -0.2) is 21.0 Å². The summed E-state index contributed by atoms with van der Waals surface area (Å²) in [5.74, 6) is -0.812. The van der Waals surface area contributed by atoms with Crippen molar-refractivity contribution in [3.8, 4) is 0 Å². The highest BCUT2D eigenvalue weighted by atomic mass is 32.2. The molecule has 5 nitrogen and oxygen atoms in total. The summed E-state index contributed by atoms with van der Waals surface area (Å²) in [7, 11) is -4.09. The lowest BCUT2D eigenvalue weighted by molar-refractivity contribution is -0.137. The third-order valence-electron chi connectivity index (χ3n) is 4.28. The first-order valence-corrected chi connectivity index (χ1v) is 11.1. The number of benzene rings is 2. The lowest BCUT2D eigenvalue weighted by Crippen LogP contribution is -2.10. The van der Waals surface area contributed by atoms with Crippen molar-refractivity contribution in [3.63, 3.8) is 0 Å². The predicted octanol–water partition coefficient (Wildman–Crippen LogP) is 5.16. The Bertz CT molecular complexity index is 1020. The Labute approximate surface area is 179 Å². The van der Waals surface area contributed by atoms with E-state index in [1.165, 1.54) is 23.8 Å². The van der Waals surface area contributed by atoms with Gasteiger partial charge in [0.1, 0.15) is 10.7 Å². The van der Waals surface area contributed by atoms with Gasteiger partial charge < -0.3 is 8.92 Å². The van der Waals surface area contributed by atoms with E-state index in [-0.39, 0.29) is 22.7 Å². The Morgan fingerprint density at radius 2 is 1.60 bits per heavy atom. The van der Waals surface area contributed by atoms with Crippen LogP contribution in [0.15, 0.2) is 71.3 Å². The number of rotatable bonds is 7. The van der Waals surface area contributed by atoms with Gasteiger partial charge in [-0.15, -0.1) is 0 Å². The zero-order valence-corrected chi connectivity index (χ0v) is 18.8. The van der Waals surface area contributed by atoms with E-state index in [2.05, 4.69) is 20.8 Å². The zero-order valence-electron chi connectivity index (χ0n) is 18.0. The molecule has 0 fully saturated rings. The predicted molar refractivity (Wildman–Crippen MR) is 118 cm³/mol. The lowest BCUT2D eigenvalue weighted by Gasteiger charge is -2.18. The van der Waals surface area contributed by atoms with Gasteiger partial charge in [0.15, 0.2) is 0 Å². The third kappa shape index (κ3) is 6.88. The molecule has 0 heterocycles. The average Bonchev–Trinajstić information content (AvgIpc) is 2.66. The van der Waals surface area contributed by atoms with Gasteiger partial charge in [-0.2, -0.15) is 8.42 Å². The Morgan fingerprint density at radius 1 is 1.00 bits per heavy atom. The molecular weight excluding hydrogens is 400 g/mol. The molecule has 0 bridgehead atoms. The second kappa shape index (κ2) is 9.76. The summed E-state index contributed by atoms with van der Waals surface area (Å²) in [5, 5.41) is 0. The summed E-state index contributed by atoms with van der Waals surface area (Å²) in [4.78, 5) is 11.9. The fourth-order valence-corrected chi connectivity index (χ4v) is 3.48. The van der Waals surface area contributed by atoms with Crippen molar-refractivity contribution >= 4 is 22.2 Å². The minimum atomic E-state index is -4.09. The van der Waals surface area contributed by atoms with Crippen LogP contribution in [0.1, 0.15) is 44.4 Å². The number of carbonyl (C=O) groups is 1. The molecule has 0 aliphatic heterocycles. The number of esters is 1. The first kappa shape index (κ1) is 23.4. The van der Waals surface area contributed by atoms with Crippen LogP contribution in [-0.2, 0) is 29.2 Å². The second-order valence-electron chi connectivity index (χ2n) is 7.85. The highest BCUT2D eigenvalue weighted by Crippen LogP contribution is 2.23. The number of hydrogen-bond donors (Lipinski definition) is 0. The van der Waals surface area contributed by atoms with Crippen molar-refractivity contribution in [2.75, 3.05) is 6.61 Å². The summed E-state index contributed by atoms with van der Waals surface area (Å²) in [6.07, 6.45) is 4.15. The maximum Gasteiger partial charge on any atom is 0.339 e. The van der Waals surface area contributed by atoms with Crippen LogP contribution in [0, 0.1) is 6.92 Å². The van der Waals surface area contributed by atoms with Gasteiger partial charge >= 0.3 is 16.1 Å². The number of ether oxygens (including phenoxy) is 1. The van der Waals surface area contributed by atoms with Crippen molar-refractivity contribution < 1.29 is 22.1 Å². The van der Waals surface area contributed by atoms with E-state index >= 15 is 0 Å². The Morgan fingerprint density at radius 3 is 2.13 bits per heavy atom. The largest absolute Gasteiger partial charge is 0.463 e.